The van der Waals surface area contributed by atoms with Gasteiger partial charge in [0.05, 0.1) is 12.6 Å². The summed E-state index contributed by atoms with van der Waals surface area (Å²) in [7, 11) is 0. The van der Waals surface area contributed by atoms with Gasteiger partial charge in [-0.15, -0.1) is 0 Å². The minimum atomic E-state index is 0.158. The highest BCUT2D eigenvalue weighted by Crippen LogP contribution is 2.31. The van der Waals surface area contributed by atoms with E-state index in [1.54, 1.807) is 0 Å². The van der Waals surface area contributed by atoms with E-state index in [4.69, 9.17) is 4.52 Å². The molecule has 1 aliphatic heterocycles. The predicted octanol–water partition coefficient (Wildman–Crippen LogP) is 2.81. The van der Waals surface area contributed by atoms with E-state index in [-0.39, 0.29) is 11.9 Å². The Balaban J connectivity index is 1.56. The van der Waals surface area contributed by atoms with Gasteiger partial charge in [-0.3, -0.25) is 9.69 Å². The SMILES string of the molecule is Cc1cc([C@@H]2CCCN2CC(=O)N[C@@H]2CCCC[C@@H]2C)no1. The number of nitrogens with one attached hydrogen (secondary N) is 1. The van der Waals surface area contributed by atoms with Gasteiger partial charge in [0, 0.05) is 12.1 Å². The van der Waals surface area contributed by atoms with E-state index in [9.17, 15) is 4.79 Å². The summed E-state index contributed by atoms with van der Waals surface area (Å²) in [6, 6.07) is 2.58. The van der Waals surface area contributed by atoms with Crippen molar-refractivity contribution in [2.45, 2.75) is 64.5 Å². The van der Waals surface area contributed by atoms with Gasteiger partial charge >= 0.3 is 0 Å². The summed E-state index contributed by atoms with van der Waals surface area (Å²) >= 11 is 0. The van der Waals surface area contributed by atoms with E-state index in [1.807, 2.05) is 13.0 Å². The molecule has 1 amide bonds. The quantitative estimate of drug-likeness (QED) is 0.929. The van der Waals surface area contributed by atoms with Crippen molar-refractivity contribution in [2.24, 2.45) is 5.92 Å². The molecule has 0 spiro atoms. The van der Waals surface area contributed by atoms with Crippen molar-refractivity contribution < 1.29 is 9.32 Å². The summed E-state index contributed by atoms with van der Waals surface area (Å²) in [5.74, 6) is 1.60. The summed E-state index contributed by atoms with van der Waals surface area (Å²) in [5.41, 5.74) is 0.967. The Morgan fingerprint density at radius 1 is 1.36 bits per heavy atom. The van der Waals surface area contributed by atoms with Crippen LogP contribution in [-0.2, 0) is 4.79 Å². The summed E-state index contributed by atoms with van der Waals surface area (Å²) in [6.07, 6.45) is 7.06. The molecule has 3 atom stereocenters. The van der Waals surface area contributed by atoms with Gasteiger partial charge in [-0.25, -0.2) is 0 Å². The molecule has 122 valence electrons. The molecule has 22 heavy (non-hydrogen) atoms. The Morgan fingerprint density at radius 3 is 2.91 bits per heavy atom. The van der Waals surface area contributed by atoms with Gasteiger partial charge in [0.1, 0.15) is 11.5 Å². The number of carbonyl (C=O) groups excluding carboxylic acids is 1. The number of hydrogen-bond donors (Lipinski definition) is 1. The van der Waals surface area contributed by atoms with Crippen LogP contribution in [0.2, 0.25) is 0 Å². The van der Waals surface area contributed by atoms with E-state index in [0.717, 1.165) is 37.3 Å². The monoisotopic (exact) mass is 305 g/mol. The molecule has 0 bridgehead atoms. The Morgan fingerprint density at radius 2 is 2.18 bits per heavy atom. The lowest BCUT2D eigenvalue weighted by Gasteiger charge is -2.30. The molecule has 3 rings (SSSR count). The fraction of sp³-hybridized carbons (Fsp3) is 0.765. The van der Waals surface area contributed by atoms with E-state index in [0.29, 0.717) is 18.5 Å². The number of nitrogens with zero attached hydrogens (tertiary/aromatic N) is 2. The number of carbonyl (C=O) groups is 1. The molecule has 0 radical (unpaired) electrons. The fourth-order valence-electron chi connectivity index (χ4n) is 3.86. The first-order chi connectivity index (χ1) is 10.6. The second-order valence-electron chi connectivity index (χ2n) is 6.93. The largest absolute Gasteiger partial charge is 0.361 e. The van der Waals surface area contributed by atoms with Crippen molar-refractivity contribution in [1.82, 2.24) is 15.4 Å². The van der Waals surface area contributed by atoms with Gasteiger partial charge in [0.15, 0.2) is 0 Å². The molecule has 0 unspecified atom stereocenters. The maximum Gasteiger partial charge on any atom is 0.234 e. The molecule has 2 fully saturated rings. The van der Waals surface area contributed by atoms with Crippen LogP contribution in [0.5, 0.6) is 0 Å². The van der Waals surface area contributed by atoms with Crippen LogP contribution < -0.4 is 5.32 Å². The van der Waals surface area contributed by atoms with Crippen molar-refractivity contribution in [1.29, 1.82) is 0 Å². The van der Waals surface area contributed by atoms with Crippen molar-refractivity contribution in [3.8, 4) is 0 Å². The second-order valence-corrected chi connectivity index (χ2v) is 6.93. The molecule has 2 heterocycles. The fourth-order valence-corrected chi connectivity index (χ4v) is 3.86. The van der Waals surface area contributed by atoms with E-state index in [2.05, 4.69) is 22.3 Å². The summed E-state index contributed by atoms with van der Waals surface area (Å²) in [5, 5.41) is 7.38. The lowest BCUT2D eigenvalue weighted by Crippen LogP contribution is -2.45. The van der Waals surface area contributed by atoms with Gasteiger partial charge in [0.25, 0.3) is 0 Å². The molecule has 5 heteroatoms. The molecule has 0 aromatic carbocycles. The standard InChI is InChI=1S/C17H27N3O2/c1-12-6-3-4-7-14(12)18-17(21)11-20-9-5-8-16(20)15-10-13(2)22-19-15/h10,12,14,16H,3-9,11H2,1-2H3,(H,18,21)/t12-,14+,16-/m0/s1. The zero-order chi connectivity index (χ0) is 15.5. The molecule has 2 aliphatic rings. The van der Waals surface area contributed by atoms with Crippen LogP contribution in [0.4, 0.5) is 0 Å². The molecule has 5 nitrogen and oxygen atoms in total. The van der Waals surface area contributed by atoms with Crippen LogP contribution in [0.15, 0.2) is 10.6 Å². The number of likely N-dealkylation sites (tertiary alicyclic amines) is 1. The first-order valence-electron chi connectivity index (χ1n) is 8.60. The second kappa shape index (κ2) is 6.82. The zero-order valence-electron chi connectivity index (χ0n) is 13.7. The van der Waals surface area contributed by atoms with Crippen molar-refractivity contribution in [2.75, 3.05) is 13.1 Å². The Bertz CT molecular complexity index is 514. The first kappa shape index (κ1) is 15.5. The third-order valence-electron chi connectivity index (χ3n) is 5.16. The van der Waals surface area contributed by atoms with Crippen molar-refractivity contribution >= 4 is 5.91 Å². The topological polar surface area (TPSA) is 58.4 Å². The van der Waals surface area contributed by atoms with Crippen LogP contribution in [0.1, 0.15) is 62.9 Å². The number of rotatable bonds is 4. The third-order valence-corrected chi connectivity index (χ3v) is 5.16. The third kappa shape index (κ3) is 3.51. The highest BCUT2D eigenvalue weighted by Gasteiger charge is 2.31. The van der Waals surface area contributed by atoms with Gasteiger partial charge < -0.3 is 9.84 Å². The molecular weight excluding hydrogens is 278 g/mol. The number of hydrogen-bond acceptors (Lipinski definition) is 4. The van der Waals surface area contributed by atoms with E-state index >= 15 is 0 Å². The molecular formula is C17H27N3O2. The van der Waals surface area contributed by atoms with Gasteiger partial charge in [0.2, 0.25) is 5.91 Å². The average Bonchev–Trinajstić information content (AvgIpc) is 3.10. The van der Waals surface area contributed by atoms with Gasteiger partial charge in [-0.1, -0.05) is 24.9 Å². The Hall–Kier alpha value is -1.36. The maximum atomic E-state index is 12.4. The smallest absolute Gasteiger partial charge is 0.234 e. The molecule has 1 aromatic rings. The molecule has 1 saturated carbocycles. The molecule has 1 aromatic heterocycles. The van der Waals surface area contributed by atoms with Crippen LogP contribution >= 0.6 is 0 Å². The Labute approximate surface area is 132 Å². The van der Waals surface area contributed by atoms with Crippen LogP contribution in [0, 0.1) is 12.8 Å². The average molecular weight is 305 g/mol. The minimum absolute atomic E-state index is 0.158. The summed E-state index contributed by atoms with van der Waals surface area (Å²) in [6.45, 7) is 5.60. The molecule has 1 saturated heterocycles. The van der Waals surface area contributed by atoms with Crippen LogP contribution in [0.25, 0.3) is 0 Å². The van der Waals surface area contributed by atoms with Crippen LogP contribution in [0.3, 0.4) is 0 Å². The number of aromatic nitrogens is 1. The van der Waals surface area contributed by atoms with Crippen molar-refractivity contribution in [3.05, 3.63) is 17.5 Å². The number of amides is 1. The summed E-state index contributed by atoms with van der Waals surface area (Å²) < 4.78 is 5.19. The molecule has 1 aliphatic carbocycles. The maximum absolute atomic E-state index is 12.4. The Kier molecular flexibility index (Phi) is 4.81. The number of aryl methyl sites for hydroxylation is 1. The summed E-state index contributed by atoms with van der Waals surface area (Å²) in [4.78, 5) is 14.6. The van der Waals surface area contributed by atoms with Gasteiger partial charge in [-0.05, 0) is 45.1 Å². The highest BCUT2D eigenvalue weighted by atomic mass is 16.5. The molecule has 1 N–H and O–H groups in total. The normalized spacial score (nSPS) is 29.6. The predicted molar refractivity (Wildman–Crippen MR) is 84.4 cm³/mol. The zero-order valence-corrected chi connectivity index (χ0v) is 13.7. The van der Waals surface area contributed by atoms with E-state index < -0.39 is 0 Å². The van der Waals surface area contributed by atoms with Crippen molar-refractivity contribution in [3.63, 3.8) is 0 Å². The lowest BCUT2D eigenvalue weighted by atomic mass is 9.86. The first-order valence-corrected chi connectivity index (χ1v) is 8.60. The minimum Gasteiger partial charge on any atom is -0.361 e. The highest BCUT2D eigenvalue weighted by molar-refractivity contribution is 5.78. The van der Waals surface area contributed by atoms with E-state index in [1.165, 1.54) is 19.3 Å². The van der Waals surface area contributed by atoms with Gasteiger partial charge in [-0.2, -0.15) is 0 Å². The van der Waals surface area contributed by atoms with Crippen LogP contribution in [-0.4, -0.2) is 35.1 Å². The lowest BCUT2D eigenvalue weighted by molar-refractivity contribution is -0.123.